The van der Waals surface area contributed by atoms with Crippen LogP contribution in [0.3, 0.4) is 0 Å². The number of aromatic nitrogens is 3. The van der Waals surface area contributed by atoms with E-state index >= 15 is 0 Å². The van der Waals surface area contributed by atoms with Crippen molar-refractivity contribution < 1.29 is 0 Å². The highest BCUT2D eigenvalue weighted by Gasteiger charge is 2.17. The second kappa shape index (κ2) is 6.89. The Kier molecular flexibility index (Phi) is 5.17. The highest BCUT2D eigenvalue weighted by atomic mass is 35.5. The summed E-state index contributed by atoms with van der Waals surface area (Å²) in [7, 11) is 0. The molecular formula is C14H21ClN6. The fraction of sp³-hybridized carbons (Fsp3) is 0.429. The molecule has 1 aromatic carbocycles. The monoisotopic (exact) mass is 308 g/mol. The molecule has 0 amide bonds. The van der Waals surface area contributed by atoms with E-state index in [1.165, 1.54) is 0 Å². The maximum atomic E-state index is 6.02. The summed E-state index contributed by atoms with van der Waals surface area (Å²) in [5.41, 5.74) is 10.3. The first-order chi connectivity index (χ1) is 10.0. The van der Waals surface area contributed by atoms with Crippen LogP contribution in [0.25, 0.3) is 0 Å². The Morgan fingerprint density at radius 2 is 2.14 bits per heavy atom. The van der Waals surface area contributed by atoms with Gasteiger partial charge in [0.05, 0.1) is 6.04 Å². The van der Waals surface area contributed by atoms with Crippen molar-refractivity contribution in [3.8, 4) is 0 Å². The predicted molar refractivity (Wildman–Crippen MR) is 84.5 cm³/mol. The lowest BCUT2D eigenvalue weighted by molar-refractivity contribution is 0.447. The molecule has 1 aromatic heterocycles. The fourth-order valence-electron chi connectivity index (χ4n) is 2.25. The minimum Gasteiger partial charge on any atom is -0.398 e. The van der Waals surface area contributed by atoms with Crippen LogP contribution in [0, 0.1) is 5.92 Å². The zero-order valence-corrected chi connectivity index (χ0v) is 13.0. The molecule has 2 aromatic rings. The van der Waals surface area contributed by atoms with Gasteiger partial charge in [-0.1, -0.05) is 31.5 Å². The average Bonchev–Trinajstić information content (AvgIpc) is 2.83. The smallest absolute Gasteiger partial charge is 0.138 e. The van der Waals surface area contributed by atoms with E-state index in [4.69, 9.17) is 23.2 Å². The molecule has 0 bridgehead atoms. The third-order valence-electron chi connectivity index (χ3n) is 3.25. The maximum absolute atomic E-state index is 6.02. The highest BCUT2D eigenvalue weighted by molar-refractivity contribution is 6.30. The number of benzene rings is 1. The predicted octanol–water partition coefficient (Wildman–Crippen LogP) is 1.92. The standard InChI is InChI=1S/C14H21ClN6/c1-9(2)7-21-14(18-8-19-21)6-13(20-17)11-4-3-10(15)5-12(11)16/h3-5,8-9,13,20H,6-7,16-17H2,1-2H3. The largest absolute Gasteiger partial charge is 0.398 e. The van der Waals surface area contributed by atoms with Gasteiger partial charge in [-0.3, -0.25) is 11.3 Å². The van der Waals surface area contributed by atoms with Crippen molar-refractivity contribution in [3.63, 3.8) is 0 Å². The van der Waals surface area contributed by atoms with Crippen molar-refractivity contribution in [1.82, 2.24) is 20.2 Å². The van der Waals surface area contributed by atoms with E-state index in [0.29, 0.717) is 23.0 Å². The number of nitrogen functional groups attached to an aromatic ring is 1. The molecule has 6 nitrogen and oxygen atoms in total. The van der Waals surface area contributed by atoms with E-state index in [1.807, 2.05) is 10.7 Å². The maximum Gasteiger partial charge on any atom is 0.138 e. The molecule has 114 valence electrons. The van der Waals surface area contributed by atoms with Crippen LogP contribution >= 0.6 is 11.6 Å². The molecule has 21 heavy (non-hydrogen) atoms. The highest BCUT2D eigenvalue weighted by Crippen LogP contribution is 2.25. The zero-order valence-electron chi connectivity index (χ0n) is 12.3. The minimum absolute atomic E-state index is 0.141. The van der Waals surface area contributed by atoms with Crippen LogP contribution in [-0.4, -0.2) is 14.8 Å². The number of nitrogens with one attached hydrogen (secondary N) is 1. The third kappa shape index (κ3) is 3.93. The van der Waals surface area contributed by atoms with Crippen LogP contribution in [0.5, 0.6) is 0 Å². The molecule has 0 saturated carbocycles. The number of hydrazine groups is 1. The Balaban J connectivity index is 2.21. The first-order valence-corrected chi connectivity index (χ1v) is 7.26. The Labute approximate surface area is 129 Å². The van der Waals surface area contributed by atoms with Crippen molar-refractivity contribution in [2.45, 2.75) is 32.9 Å². The van der Waals surface area contributed by atoms with Gasteiger partial charge in [0, 0.05) is 23.7 Å². The Morgan fingerprint density at radius 1 is 1.38 bits per heavy atom. The molecule has 7 heteroatoms. The Morgan fingerprint density at radius 3 is 2.76 bits per heavy atom. The molecule has 0 aliphatic rings. The van der Waals surface area contributed by atoms with Gasteiger partial charge < -0.3 is 5.73 Å². The SMILES string of the molecule is CC(C)Cn1ncnc1CC(NN)c1ccc(Cl)cc1N. The number of rotatable bonds is 6. The van der Waals surface area contributed by atoms with Crippen LogP contribution in [0.1, 0.15) is 31.3 Å². The molecule has 0 aliphatic heterocycles. The van der Waals surface area contributed by atoms with Crippen molar-refractivity contribution in [3.05, 3.63) is 40.9 Å². The lowest BCUT2D eigenvalue weighted by Crippen LogP contribution is -2.31. The first-order valence-electron chi connectivity index (χ1n) is 6.89. The molecule has 2 rings (SSSR count). The van der Waals surface area contributed by atoms with Crippen molar-refractivity contribution in [2.24, 2.45) is 11.8 Å². The Hall–Kier alpha value is -1.63. The summed E-state index contributed by atoms with van der Waals surface area (Å²) < 4.78 is 1.90. The molecule has 0 saturated heterocycles. The molecule has 1 unspecified atom stereocenters. The number of nitrogens with zero attached hydrogens (tertiary/aromatic N) is 3. The lowest BCUT2D eigenvalue weighted by Gasteiger charge is -2.19. The van der Waals surface area contributed by atoms with Crippen LogP contribution in [0.4, 0.5) is 5.69 Å². The van der Waals surface area contributed by atoms with E-state index in [2.05, 4.69) is 29.4 Å². The normalized spacial score (nSPS) is 12.8. The van der Waals surface area contributed by atoms with Gasteiger partial charge in [-0.05, 0) is 23.6 Å². The zero-order chi connectivity index (χ0) is 15.4. The molecule has 0 radical (unpaired) electrons. The number of hydrogen-bond donors (Lipinski definition) is 3. The van der Waals surface area contributed by atoms with Gasteiger partial charge in [-0.2, -0.15) is 5.10 Å². The summed E-state index contributed by atoms with van der Waals surface area (Å²) >= 11 is 5.93. The van der Waals surface area contributed by atoms with Crippen LogP contribution in [0.2, 0.25) is 5.02 Å². The van der Waals surface area contributed by atoms with Crippen molar-refractivity contribution >= 4 is 17.3 Å². The molecule has 0 fully saturated rings. The van der Waals surface area contributed by atoms with Crippen molar-refractivity contribution in [1.29, 1.82) is 0 Å². The van der Waals surface area contributed by atoms with E-state index in [9.17, 15) is 0 Å². The number of hydrogen-bond acceptors (Lipinski definition) is 5. The summed E-state index contributed by atoms with van der Waals surface area (Å²) in [5, 5.41) is 4.86. The third-order valence-corrected chi connectivity index (χ3v) is 3.48. The average molecular weight is 309 g/mol. The number of anilines is 1. The molecular weight excluding hydrogens is 288 g/mol. The van der Waals surface area contributed by atoms with E-state index in [1.54, 1.807) is 18.5 Å². The first kappa shape index (κ1) is 15.8. The number of halogens is 1. The van der Waals surface area contributed by atoms with Gasteiger partial charge in [0.25, 0.3) is 0 Å². The molecule has 1 heterocycles. The van der Waals surface area contributed by atoms with Gasteiger partial charge in [0.1, 0.15) is 12.2 Å². The van der Waals surface area contributed by atoms with E-state index in [0.717, 1.165) is 17.9 Å². The second-order valence-corrected chi connectivity index (χ2v) is 5.89. The number of nitrogens with two attached hydrogens (primary N) is 2. The molecule has 0 aliphatic carbocycles. The summed E-state index contributed by atoms with van der Waals surface area (Å²) in [6, 6.07) is 5.26. The second-order valence-electron chi connectivity index (χ2n) is 5.45. The van der Waals surface area contributed by atoms with Gasteiger partial charge in [-0.15, -0.1) is 0 Å². The van der Waals surface area contributed by atoms with Gasteiger partial charge in [0.15, 0.2) is 0 Å². The fourth-order valence-corrected chi connectivity index (χ4v) is 2.43. The summed E-state index contributed by atoms with van der Waals surface area (Å²) in [6.45, 7) is 5.10. The summed E-state index contributed by atoms with van der Waals surface area (Å²) in [6.07, 6.45) is 2.17. The van der Waals surface area contributed by atoms with Crippen molar-refractivity contribution in [2.75, 3.05) is 5.73 Å². The summed E-state index contributed by atoms with van der Waals surface area (Å²) in [4.78, 5) is 4.32. The molecule has 0 spiro atoms. The van der Waals surface area contributed by atoms with Gasteiger partial charge in [-0.25, -0.2) is 9.67 Å². The lowest BCUT2D eigenvalue weighted by atomic mass is 10.0. The Bertz CT molecular complexity index is 595. The van der Waals surface area contributed by atoms with E-state index < -0.39 is 0 Å². The van der Waals surface area contributed by atoms with Crippen LogP contribution in [-0.2, 0) is 13.0 Å². The quantitative estimate of drug-likeness (QED) is 0.430. The molecule has 1 atom stereocenters. The summed E-state index contributed by atoms with van der Waals surface area (Å²) in [5.74, 6) is 7.06. The van der Waals surface area contributed by atoms with Gasteiger partial charge >= 0.3 is 0 Å². The minimum atomic E-state index is -0.141. The topological polar surface area (TPSA) is 94.8 Å². The van der Waals surface area contributed by atoms with E-state index in [-0.39, 0.29) is 6.04 Å². The van der Waals surface area contributed by atoms with Gasteiger partial charge in [0.2, 0.25) is 0 Å². The molecule has 5 N–H and O–H groups in total. The van der Waals surface area contributed by atoms with Crippen LogP contribution < -0.4 is 17.0 Å². The van der Waals surface area contributed by atoms with Crippen LogP contribution in [0.15, 0.2) is 24.5 Å².